The summed E-state index contributed by atoms with van der Waals surface area (Å²) < 4.78 is 59.4. The fourth-order valence-corrected chi connectivity index (χ4v) is 10.00. The molecule has 0 amide bonds. The lowest BCUT2D eigenvalue weighted by molar-refractivity contribution is -0.246. The molecule has 12 nitrogen and oxygen atoms in total. The Morgan fingerprint density at radius 2 is 1.24 bits per heavy atom. The summed E-state index contributed by atoms with van der Waals surface area (Å²) in [4.78, 5) is 0. The lowest BCUT2D eigenvalue weighted by Gasteiger charge is -2.41. The van der Waals surface area contributed by atoms with Gasteiger partial charge in [-0.3, -0.25) is 0 Å². The van der Waals surface area contributed by atoms with Crippen molar-refractivity contribution in [1.29, 1.82) is 0 Å². The maximum atomic E-state index is 11.3. The molecule has 0 aromatic carbocycles. The summed E-state index contributed by atoms with van der Waals surface area (Å²) in [5.41, 5.74) is 3.06. The van der Waals surface area contributed by atoms with E-state index in [1.54, 1.807) is 49.8 Å². The molecule has 2 aliphatic carbocycles. The fraction of sp³-hybridized carbons (Fsp3) is 0.800. The standard InChI is InChI=1S/C50H84O12/c1-15-39(53-8)33(6)35-25-37(35)45(51)29(2)20-17-22-32(5)48-50(59-14)42(28-44(57-12)62-48)60-24-18-23-40(54-9)34(7)36-26-38(36)46(52)30(3)19-16-21-31(4)47-49(58-13)41(55-10)27-43(56-11)61-47/h16-17,19-22,26,29-30,33-37,39-52H,15,18,23-25,27-28H2,1-14H3/b19-16+,20-17+,31-21+,32-22+/t29-,30-,33-,34-,35-,36-,37+,39-,40-,41-,42-,43+,44+,45+,46+,47-,48-,49+,50-/m0/s1. The van der Waals surface area contributed by atoms with Crippen LogP contribution in [0, 0.1) is 41.4 Å². The van der Waals surface area contributed by atoms with E-state index in [1.165, 1.54) is 0 Å². The average molecular weight is 877 g/mol. The van der Waals surface area contributed by atoms with E-state index in [0.29, 0.717) is 37.2 Å². The van der Waals surface area contributed by atoms with E-state index in [4.69, 9.17) is 47.4 Å². The second kappa shape index (κ2) is 25.8. The third-order valence-electron chi connectivity index (χ3n) is 14.3. The molecule has 0 aromatic rings. The number of ether oxygens (including phenoxy) is 10. The van der Waals surface area contributed by atoms with Gasteiger partial charge in [0.25, 0.3) is 0 Å². The predicted molar refractivity (Wildman–Crippen MR) is 241 cm³/mol. The Morgan fingerprint density at radius 1 is 0.694 bits per heavy atom. The molecule has 356 valence electrons. The number of aliphatic hydroxyl groups is 2. The number of hydrogen-bond acceptors (Lipinski definition) is 12. The number of aliphatic hydroxyl groups excluding tert-OH is 2. The van der Waals surface area contributed by atoms with Gasteiger partial charge in [0, 0.05) is 87.0 Å². The molecule has 0 radical (unpaired) electrons. The first kappa shape index (κ1) is 52.8. The molecule has 0 unspecified atom stereocenters. The predicted octanol–water partition coefficient (Wildman–Crippen LogP) is 7.62. The second-order valence-electron chi connectivity index (χ2n) is 18.3. The minimum absolute atomic E-state index is 0.00938. The summed E-state index contributed by atoms with van der Waals surface area (Å²) in [5, 5.41) is 22.5. The summed E-state index contributed by atoms with van der Waals surface area (Å²) in [5.74, 6) is 1.59. The lowest BCUT2D eigenvalue weighted by atomic mass is 9.89. The molecule has 3 fully saturated rings. The van der Waals surface area contributed by atoms with Crippen molar-refractivity contribution in [2.45, 2.75) is 161 Å². The summed E-state index contributed by atoms with van der Waals surface area (Å²) in [6, 6.07) is 0. The topological polar surface area (TPSA) is 133 Å². The number of methoxy groups -OCH3 is 7. The van der Waals surface area contributed by atoms with Crippen LogP contribution in [0.15, 0.2) is 59.3 Å². The van der Waals surface area contributed by atoms with Crippen LogP contribution in [-0.2, 0) is 47.4 Å². The Bertz CT molecular complexity index is 1470. The van der Waals surface area contributed by atoms with Gasteiger partial charge in [0.2, 0.25) is 0 Å². The first-order chi connectivity index (χ1) is 29.7. The van der Waals surface area contributed by atoms with Crippen molar-refractivity contribution in [2.24, 2.45) is 41.4 Å². The summed E-state index contributed by atoms with van der Waals surface area (Å²) >= 11 is 0. The minimum Gasteiger partial charge on any atom is -0.392 e. The monoisotopic (exact) mass is 877 g/mol. The maximum absolute atomic E-state index is 11.3. The molecular formula is C50H84O12. The molecule has 2 saturated heterocycles. The molecule has 1 saturated carbocycles. The van der Waals surface area contributed by atoms with Crippen LogP contribution in [-0.4, -0.2) is 140 Å². The maximum Gasteiger partial charge on any atom is 0.160 e. The van der Waals surface area contributed by atoms with Gasteiger partial charge in [0.1, 0.15) is 24.4 Å². The fourth-order valence-electron chi connectivity index (χ4n) is 10.00. The third-order valence-corrected chi connectivity index (χ3v) is 14.3. The Labute approximate surface area is 374 Å². The van der Waals surface area contributed by atoms with Gasteiger partial charge in [-0.25, -0.2) is 0 Å². The van der Waals surface area contributed by atoms with E-state index in [9.17, 15) is 10.2 Å². The van der Waals surface area contributed by atoms with Crippen LogP contribution in [0.2, 0.25) is 0 Å². The summed E-state index contributed by atoms with van der Waals surface area (Å²) in [6.07, 6.45) is 16.1. The molecule has 12 heteroatoms. The first-order valence-electron chi connectivity index (χ1n) is 23.1. The highest BCUT2D eigenvalue weighted by molar-refractivity contribution is 5.35. The zero-order valence-corrected chi connectivity index (χ0v) is 40.4. The van der Waals surface area contributed by atoms with Crippen molar-refractivity contribution >= 4 is 0 Å². The van der Waals surface area contributed by atoms with E-state index in [0.717, 1.165) is 42.4 Å². The Hall–Kier alpha value is -1.78. The number of allylic oxidation sites excluding steroid dienone is 5. The van der Waals surface area contributed by atoms with Crippen molar-refractivity contribution in [1.82, 2.24) is 0 Å². The van der Waals surface area contributed by atoms with Crippen molar-refractivity contribution in [3.05, 3.63) is 59.3 Å². The Balaban J connectivity index is 1.24. The molecule has 0 spiro atoms. The number of rotatable bonds is 27. The highest BCUT2D eigenvalue weighted by Gasteiger charge is 2.48. The quantitative estimate of drug-likeness (QED) is 0.0478. The molecule has 2 aliphatic heterocycles. The van der Waals surface area contributed by atoms with Crippen molar-refractivity contribution in [3.8, 4) is 0 Å². The van der Waals surface area contributed by atoms with E-state index in [-0.39, 0.29) is 84.9 Å². The average Bonchev–Trinajstić information content (AvgIpc) is 4.23. The molecule has 62 heavy (non-hydrogen) atoms. The van der Waals surface area contributed by atoms with Crippen molar-refractivity contribution in [2.75, 3.05) is 56.4 Å². The number of hydrogen-bond donors (Lipinski definition) is 2. The van der Waals surface area contributed by atoms with E-state index >= 15 is 0 Å². The van der Waals surface area contributed by atoms with Gasteiger partial charge in [0.15, 0.2) is 12.6 Å². The summed E-state index contributed by atoms with van der Waals surface area (Å²) in [7, 11) is 11.9. The normalized spacial score (nSPS) is 34.7. The van der Waals surface area contributed by atoms with Crippen LogP contribution in [0.3, 0.4) is 0 Å². The Morgan fingerprint density at radius 3 is 1.76 bits per heavy atom. The van der Waals surface area contributed by atoms with Gasteiger partial charge in [-0.05, 0) is 79.9 Å². The first-order valence-corrected chi connectivity index (χ1v) is 23.1. The lowest BCUT2D eigenvalue weighted by Crippen LogP contribution is -2.51. The molecule has 4 rings (SSSR count). The Kier molecular flexibility index (Phi) is 22.0. The van der Waals surface area contributed by atoms with Gasteiger partial charge in [0.05, 0.1) is 36.6 Å². The molecule has 2 N–H and O–H groups in total. The molecule has 0 aromatic heterocycles. The van der Waals surface area contributed by atoms with Crippen LogP contribution in [0.4, 0.5) is 0 Å². The van der Waals surface area contributed by atoms with Crippen LogP contribution < -0.4 is 0 Å². The van der Waals surface area contributed by atoms with E-state index in [2.05, 4.69) is 45.9 Å². The highest BCUT2D eigenvalue weighted by Crippen LogP contribution is 2.50. The third kappa shape index (κ3) is 13.9. The van der Waals surface area contributed by atoms with E-state index in [1.807, 2.05) is 45.1 Å². The summed E-state index contributed by atoms with van der Waals surface area (Å²) in [6.45, 7) is 15.3. The van der Waals surface area contributed by atoms with Crippen LogP contribution >= 0.6 is 0 Å². The van der Waals surface area contributed by atoms with Crippen molar-refractivity contribution < 1.29 is 57.6 Å². The van der Waals surface area contributed by atoms with Gasteiger partial charge in [-0.2, -0.15) is 0 Å². The van der Waals surface area contributed by atoms with Crippen LogP contribution in [0.5, 0.6) is 0 Å². The molecule has 0 bridgehead atoms. The van der Waals surface area contributed by atoms with Gasteiger partial charge < -0.3 is 57.6 Å². The van der Waals surface area contributed by atoms with Gasteiger partial charge in [-0.15, -0.1) is 0 Å². The van der Waals surface area contributed by atoms with Crippen LogP contribution in [0.25, 0.3) is 0 Å². The molecule has 2 heterocycles. The minimum atomic E-state index is -0.578. The molecular weight excluding hydrogens is 793 g/mol. The van der Waals surface area contributed by atoms with Crippen molar-refractivity contribution in [3.63, 3.8) is 0 Å². The SMILES string of the molecule is CC[C@H](OC)[C@@H](C)[C@@H]1C[C@H]1[C@H](O)[C@@H](C)/C=C/C=C(\C)[C@@H]1O[C@@H](OC)C[C@H](OCCC[C@H](OC)[C@@H](C)[C@@H]2C=C2[C@H](O)[C@@H](C)/C=C/C=C(\C)[C@@H]2O[C@@H](OC)C[C@H](OC)[C@H]2OC)[C@@H]1OC. The molecule has 4 aliphatic rings. The highest BCUT2D eigenvalue weighted by atomic mass is 16.7. The molecule has 19 atom stereocenters. The van der Waals surface area contributed by atoms with Gasteiger partial charge in [-0.1, -0.05) is 77.2 Å². The van der Waals surface area contributed by atoms with E-state index < -0.39 is 12.4 Å². The second-order valence-corrected chi connectivity index (χ2v) is 18.3. The van der Waals surface area contributed by atoms with Gasteiger partial charge >= 0.3 is 0 Å². The zero-order chi connectivity index (χ0) is 45.7. The smallest absolute Gasteiger partial charge is 0.160 e. The largest absolute Gasteiger partial charge is 0.392 e. The zero-order valence-electron chi connectivity index (χ0n) is 40.4. The van der Waals surface area contributed by atoms with Crippen LogP contribution in [0.1, 0.15) is 87.0 Å².